The number of thiazole rings is 1. The Bertz CT molecular complexity index is 1270. The fraction of sp³-hybridized carbons (Fsp3) is 0.250. The molecular formula is C20H18F3N5O2S. The monoisotopic (exact) mass is 449 g/mol. The molecule has 31 heavy (non-hydrogen) atoms. The predicted octanol–water partition coefficient (Wildman–Crippen LogP) is 4.32. The van der Waals surface area contributed by atoms with Crippen LogP contribution < -0.4 is 10.6 Å². The molecule has 0 spiro atoms. The standard InChI is InChI=1S/C20H18F3N5O2S/c1-28-15-6-3-11(17(29)24-7-8-30-2)9-14(15)25-18(28)27-19-26-13-5-4-12(20(21,22)23)10-16(13)31-19/h3-6,9-10H,7-8H2,1-2H3,(H,24,29)(H,25,26,27). The molecule has 0 bridgehead atoms. The SMILES string of the molecule is COCCNC(=O)c1ccc2c(c1)nc(Nc1nc3ccc(C(F)(F)F)cc3s1)n2C. The summed E-state index contributed by atoms with van der Waals surface area (Å²) in [5, 5.41) is 6.24. The van der Waals surface area contributed by atoms with Crippen molar-refractivity contribution in [2.75, 3.05) is 25.6 Å². The van der Waals surface area contributed by atoms with Crippen molar-refractivity contribution in [2.45, 2.75) is 6.18 Å². The van der Waals surface area contributed by atoms with E-state index in [1.54, 1.807) is 36.9 Å². The van der Waals surface area contributed by atoms with Gasteiger partial charge in [0.25, 0.3) is 5.91 Å². The number of amides is 1. The second-order valence-corrected chi connectivity index (χ2v) is 7.80. The van der Waals surface area contributed by atoms with Crippen molar-refractivity contribution in [1.82, 2.24) is 19.9 Å². The molecule has 162 valence electrons. The van der Waals surface area contributed by atoms with Gasteiger partial charge in [0.15, 0.2) is 5.13 Å². The van der Waals surface area contributed by atoms with E-state index >= 15 is 0 Å². The highest BCUT2D eigenvalue weighted by atomic mass is 32.1. The molecule has 0 aliphatic rings. The van der Waals surface area contributed by atoms with Crippen molar-refractivity contribution in [3.8, 4) is 0 Å². The minimum Gasteiger partial charge on any atom is -0.383 e. The number of carbonyl (C=O) groups excluding carboxylic acids is 1. The first-order chi connectivity index (χ1) is 14.8. The number of rotatable bonds is 6. The first kappa shape index (κ1) is 21.1. The maximum Gasteiger partial charge on any atom is 0.416 e. The number of alkyl halides is 3. The highest BCUT2D eigenvalue weighted by molar-refractivity contribution is 7.22. The van der Waals surface area contributed by atoms with Crippen LogP contribution in [0.4, 0.5) is 24.3 Å². The van der Waals surface area contributed by atoms with E-state index in [2.05, 4.69) is 20.6 Å². The van der Waals surface area contributed by atoms with Gasteiger partial charge in [0.2, 0.25) is 5.95 Å². The van der Waals surface area contributed by atoms with Crippen LogP contribution in [0.15, 0.2) is 36.4 Å². The van der Waals surface area contributed by atoms with Crippen LogP contribution in [0.5, 0.6) is 0 Å². The third kappa shape index (κ3) is 4.32. The predicted molar refractivity (Wildman–Crippen MR) is 113 cm³/mol. The Labute approximate surface area is 178 Å². The minimum absolute atomic E-state index is 0.231. The lowest BCUT2D eigenvalue weighted by Gasteiger charge is -2.04. The molecule has 0 aliphatic carbocycles. The smallest absolute Gasteiger partial charge is 0.383 e. The Kier molecular flexibility index (Phi) is 5.54. The zero-order valence-electron chi connectivity index (χ0n) is 16.6. The summed E-state index contributed by atoms with van der Waals surface area (Å²) in [7, 11) is 3.35. The average molecular weight is 449 g/mol. The Morgan fingerprint density at radius 2 is 1.97 bits per heavy atom. The zero-order chi connectivity index (χ0) is 22.2. The van der Waals surface area contributed by atoms with Gasteiger partial charge < -0.3 is 19.9 Å². The molecule has 1 amide bonds. The quantitative estimate of drug-likeness (QED) is 0.429. The van der Waals surface area contributed by atoms with Crippen LogP contribution in [0.1, 0.15) is 15.9 Å². The highest BCUT2D eigenvalue weighted by Gasteiger charge is 2.30. The van der Waals surface area contributed by atoms with Gasteiger partial charge >= 0.3 is 6.18 Å². The van der Waals surface area contributed by atoms with E-state index in [1.807, 2.05) is 0 Å². The number of ether oxygens (including phenoxy) is 1. The van der Waals surface area contributed by atoms with Gasteiger partial charge in [-0.05, 0) is 36.4 Å². The number of hydrogen-bond acceptors (Lipinski definition) is 6. The van der Waals surface area contributed by atoms with Gasteiger partial charge in [0, 0.05) is 26.3 Å². The molecule has 0 unspecified atom stereocenters. The first-order valence-electron chi connectivity index (χ1n) is 9.24. The summed E-state index contributed by atoms with van der Waals surface area (Å²) < 4.78 is 45.9. The van der Waals surface area contributed by atoms with E-state index in [0.717, 1.165) is 29.0 Å². The maximum atomic E-state index is 12.9. The maximum absolute atomic E-state index is 12.9. The molecule has 0 saturated carbocycles. The van der Waals surface area contributed by atoms with Gasteiger partial charge in [-0.1, -0.05) is 11.3 Å². The lowest BCUT2D eigenvalue weighted by atomic mass is 10.2. The molecular weight excluding hydrogens is 431 g/mol. The summed E-state index contributed by atoms with van der Waals surface area (Å²) in [4.78, 5) is 21.1. The Hall–Kier alpha value is -3.18. The van der Waals surface area contributed by atoms with Crippen molar-refractivity contribution >= 4 is 49.6 Å². The molecule has 0 atom stereocenters. The van der Waals surface area contributed by atoms with Crippen molar-refractivity contribution in [1.29, 1.82) is 0 Å². The number of halogens is 3. The molecule has 0 fully saturated rings. The van der Waals surface area contributed by atoms with Gasteiger partial charge in [-0.2, -0.15) is 13.2 Å². The minimum atomic E-state index is -4.41. The van der Waals surface area contributed by atoms with Gasteiger partial charge in [-0.15, -0.1) is 0 Å². The number of methoxy groups -OCH3 is 1. The van der Waals surface area contributed by atoms with Crippen molar-refractivity contribution in [3.63, 3.8) is 0 Å². The Morgan fingerprint density at radius 1 is 1.16 bits per heavy atom. The van der Waals surface area contributed by atoms with E-state index in [4.69, 9.17) is 4.74 Å². The van der Waals surface area contributed by atoms with Crippen molar-refractivity contribution < 1.29 is 22.7 Å². The normalized spacial score (nSPS) is 11.9. The van der Waals surface area contributed by atoms with Gasteiger partial charge in [0.05, 0.1) is 33.4 Å². The van der Waals surface area contributed by atoms with Gasteiger partial charge in [-0.25, -0.2) is 9.97 Å². The molecule has 2 aromatic carbocycles. The summed E-state index contributed by atoms with van der Waals surface area (Å²) >= 11 is 1.11. The number of aromatic nitrogens is 3. The summed E-state index contributed by atoms with van der Waals surface area (Å²) in [6.45, 7) is 0.814. The molecule has 4 rings (SSSR count). The van der Waals surface area contributed by atoms with Crippen LogP contribution in [0, 0.1) is 0 Å². The second-order valence-electron chi connectivity index (χ2n) is 6.77. The Morgan fingerprint density at radius 3 is 2.71 bits per heavy atom. The number of fused-ring (bicyclic) bond motifs is 2. The summed E-state index contributed by atoms with van der Waals surface area (Å²) in [5.41, 5.74) is 1.61. The number of imidazole rings is 1. The third-order valence-corrected chi connectivity index (χ3v) is 5.60. The largest absolute Gasteiger partial charge is 0.416 e. The van der Waals surface area contributed by atoms with Crippen LogP contribution in [-0.2, 0) is 18.0 Å². The lowest BCUT2D eigenvalue weighted by Crippen LogP contribution is -2.26. The molecule has 2 N–H and O–H groups in total. The first-order valence-corrected chi connectivity index (χ1v) is 10.1. The van der Waals surface area contributed by atoms with Crippen molar-refractivity contribution in [2.24, 2.45) is 7.05 Å². The molecule has 0 aliphatic heterocycles. The van der Waals surface area contributed by atoms with Crippen LogP contribution in [0.3, 0.4) is 0 Å². The summed E-state index contributed by atoms with van der Waals surface area (Å²) in [6, 6.07) is 8.61. The number of nitrogens with one attached hydrogen (secondary N) is 2. The van der Waals surface area contributed by atoms with Gasteiger partial charge in [0.1, 0.15) is 0 Å². The third-order valence-electron chi connectivity index (χ3n) is 4.67. The van der Waals surface area contributed by atoms with E-state index in [9.17, 15) is 18.0 Å². The van der Waals surface area contributed by atoms with E-state index < -0.39 is 11.7 Å². The summed E-state index contributed by atoms with van der Waals surface area (Å²) in [5.74, 6) is 0.229. The molecule has 0 radical (unpaired) electrons. The number of carbonyl (C=O) groups is 1. The van der Waals surface area contributed by atoms with Crippen molar-refractivity contribution in [3.05, 3.63) is 47.5 Å². The number of anilines is 2. The molecule has 11 heteroatoms. The highest BCUT2D eigenvalue weighted by Crippen LogP contribution is 2.35. The molecule has 2 aromatic heterocycles. The van der Waals surface area contributed by atoms with Crippen LogP contribution in [0.25, 0.3) is 21.3 Å². The number of nitrogens with zero attached hydrogens (tertiary/aromatic N) is 3. The topological polar surface area (TPSA) is 81.1 Å². The number of hydrogen-bond donors (Lipinski definition) is 2. The van der Waals surface area contributed by atoms with Crippen LogP contribution >= 0.6 is 11.3 Å². The fourth-order valence-electron chi connectivity index (χ4n) is 3.07. The van der Waals surface area contributed by atoms with E-state index in [-0.39, 0.29) is 5.91 Å². The summed E-state index contributed by atoms with van der Waals surface area (Å²) in [6.07, 6.45) is -4.41. The van der Waals surface area contributed by atoms with E-state index in [0.29, 0.717) is 45.5 Å². The fourth-order valence-corrected chi connectivity index (χ4v) is 3.97. The molecule has 4 aromatic rings. The van der Waals surface area contributed by atoms with Gasteiger partial charge in [-0.3, -0.25) is 4.79 Å². The Balaban J connectivity index is 1.59. The molecule has 7 nitrogen and oxygen atoms in total. The molecule has 0 saturated heterocycles. The zero-order valence-corrected chi connectivity index (χ0v) is 17.4. The van der Waals surface area contributed by atoms with E-state index in [1.165, 1.54) is 6.07 Å². The van der Waals surface area contributed by atoms with Crippen LogP contribution in [-0.4, -0.2) is 40.7 Å². The molecule has 2 heterocycles. The second kappa shape index (κ2) is 8.16. The average Bonchev–Trinajstić information content (AvgIpc) is 3.27. The number of benzene rings is 2. The number of aryl methyl sites for hydroxylation is 1. The van der Waals surface area contributed by atoms with Crippen LogP contribution in [0.2, 0.25) is 0 Å². The lowest BCUT2D eigenvalue weighted by molar-refractivity contribution is -0.137.